The molecule has 1 aromatic heterocycles. The fraction of sp³-hybridized carbons (Fsp3) is 0.474. The SMILES string of the molecule is Cc1ccc(C)c(-c2nc(C)nc(N3CCN(C)CC3)c2C)c1. The van der Waals surface area contributed by atoms with Crippen molar-refractivity contribution in [1.82, 2.24) is 14.9 Å². The predicted octanol–water partition coefficient (Wildman–Crippen LogP) is 3.13. The van der Waals surface area contributed by atoms with Gasteiger partial charge in [0.15, 0.2) is 0 Å². The first kappa shape index (κ1) is 15.9. The number of piperazine rings is 1. The van der Waals surface area contributed by atoms with E-state index in [4.69, 9.17) is 9.97 Å². The lowest BCUT2D eigenvalue weighted by molar-refractivity contribution is 0.312. The van der Waals surface area contributed by atoms with E-state index in [0.717, 1.165) is 43.5 Å². The molecule has 1 saturated heterocycles. The van der Waals surface area contributed by atoms with Crippen molar-refractivity contribution in [3.63, 3.8) is 0 Å². The summed E-state index contributed by atoms with van der Waals surface area (Å²) in [5.41, 5.74) is 6.02. The number of nitrogens with zero attached hydrogens (tertiary/aromatic N) is 4. The molecule has 0 spiro atoms. The van der Waals surface area contributed by atoms with Crippen LogP contribution in [0.15, 0.2) is 18.2 Å². The molecule has 0 saturated carbocycles. The summed E-state index contributed by atoms with van der Waals surface area (Å²) < 4.78 is 0. The summed E-state index contributed by atoms with van der Waals surface area (Å²) in [5.74, 6) is 1.95. The largest absolute Gasteiger partial charge is 0.354 e. The van der Waals surface area contributed by atoms with E-state index in [-0.39, 0.29) is 0 Å². The van der Waals surface area contributed by atoms with Crippen LogP contribution >= 0.6 is 0 Å². The molecule has 0 amide bonds. The molecule has 1 fully saturated rings. The van der Waals surface area contributed by atoms with Crippen LogP contribution in [0.2, 0.25) is 0 Å². The van der Waals surface area contributed by atoms with Gasteiger partial charge < -0.3 is 9.80 Å². The van der Waals surface area contributed by atoms with Crippen molar-refractivity contribution in [3.8, 4) is 11.3 Å². The Hall–Kier alpha value is -1.94. The van der Waals surface area contributed by atoms with E-state index in [0.29, 0.717) is 0 Å². The van der Waals surface area contributed by atoms with Gasteiger partial charge in [0.05, 0.1) is 5.69 Å². The van der Waals surface area contributed by atoms with Gasteiger partial charge in [-0.2, -0.15) is 0 Å². The maximum atomic E-state index is 4.77. The van der Waals surface area contributed by atoms with E-state index in [1.807, 2.05) is 6.92 Å². The van der Waals surface area contributed by atoms with Gasteiger partial charge in [-0.1, -0.05) is 17.7 Å². The van der Waals surface area contributed by atoms with E-state index in [1.54, 1.807) is 0 Å². The second-order valence-electron chi connectivity index (χ2n) is 6.68. The molecular weight excluding hydrogens is 284 g/mol. The lowest BCUT2D eigenvalue weighted by atomic mass is 9.99. The minimum absolute atomic E-state index is 0.848. The van der Waals surface area contributed by atoms with Gasteiger partial charge in [0.25, 0.3) is 0 Å². The molecule has 0 N–H and O–H groups in total. The van der Waals surface area contributed by atoms with Crippen molar-refractivity contribution in [2.75, 3.05) is 38.1 Å². The Morgan fingerprint density at radius 3 is 2.30 bits per heavy atom. The smallest absolute Gasteiger partial charge is 0.135 e. The van der Waals surface area contributed by atoms with Crippen LogP contribution in [0.5, 0.6) is 0 Å². The third-order valence-corrected chi connectivity index (χ3v) is 4.68. The monoisotopic (exact) mass is 310 g/mol. The van der Waals surface area contributed by atoms with Crippen LogP contribution in [-0.4, -0.2) is 48.1 Å². The number of rotatable bonds is 2. The quantitative estimate of drug-likeness (QED) is 0.853. The molecule has 122 valence electrons. The molecule has 3 rings (SSSR count). The van der Waals surface area contributed by atoms with Gasteiger partial charge >= 0.3 is 0 Å². The van der Waals surface area contributed by atoms with Crippen LogP contribution in [0.25, 0.3) is 11.3 Å². The Balaban J connectivity index is 2.07. The first-order valence-electron chi connectivity index (χ1n) is 8.32. The summed E-state index contributed by atoms with van der Waals surface area (Å²) >= 11 is 0. The van der Waals surface area contributed by atoms with Crippen molar-refractivity contribution in [3.05, 3.63) is 40.7 Å². The Morgan fingerprint density at radius 1 is 0.913 bits per heavy atom. The van der Waals surface area contributed by atoms with Crippen molar-refractivity contribution < 1.29 is 0 Å². The topological polar surface area (TPSA) is 32.3 Å². The van der Waals surface area contributed by atoms with Gasteiger partial charge in [-0.05, 0) is 46.4 Å². The van der Waals surface area contributed by atoms with E-state index < -0.39 is 0 Å². The van der Waals surface area contributed by atoms with Crippen molar-refractivity contribution >= 4 is 5.82 Å². The van der Waals surface area contributed by atoms with Crippen molar-refractivity contribution in [1.29, 1.82) is 0 Å². The lowest BCUT2D eigenvalue weighted by Crippen LogP contribution is -2.45. The minimum atomic E-state index is 0.848. The first-order chi connectivity index (χ1) is 11.0. The van der Waals surface area contributed by atoms with E-state index in [2.05, 4.69) is 55.8 Å². The molecule has 1 aliphatic rings. The highest BCUT2D eigenvalue weighted by Crippen LogP contribution is 2.31. The Bertz CT molecular complexity index is 716. The molecular formula is C19H26N4. The van der Waals surface area contributed by atoms with Crippen LogP contribution in [0.4, 0.5) is 5.82 Å². The van der Waals surface area contributed by atoms with Gasteiger partial charge in [-0.15, -0.1) is 0 Å². The van der Waals surface area contributed by atoms with Crippen LogP contribution in [0.3, 0.4) is 0 Å². The van der Waals surface area contributed by atoms with Crippen LogP contribution in [0, 0.1) is 27.7 Å². The second-order valence-corrected chi connectivity index (χ2v) is 6.68. The standard InChI is InChI=1S/C19H26N4/c1-13-6-7-14(2)17(12-13)18-15(3)19(21-16(4)20-18)23-10-8-22(5)9-11-23/h6-7,12H,8-11H2,1-5H3. The van der Waals surface area contributed by atoms with Crippen LogP contribution < -0.4 is 4.90 Å². The van der Waals surface area contributed by atoms with Gasteiger partial charge in [0, 0.05) is 37.3 Å². The summed E-state index contributed by atoms with van der Waals surface area (Å²) in [5, 5.41) is 0. The molecule has 0 unspecified atom stereocenters. The van der Waals surface area contributed by atoms with Gasteiger partial charge in [-0.25, -0.2) is 9.97 Å². The maximum Gasteiger partial charge on any atom is 0.135 e. The van der Waals surface area contributed by atoms with Gasteiger partial charge in [0.2, 0.25) is 0 Å². The summed E-state index contributed by atoms with van der Waals surface area (Å²) in [4.78, 5) is 14.3. The zero-order valence-corrected chi connectivity index (χ0v) is 14.8. The molecule has 1 aromatic carbocycles. The molecule has 0 bridgehead atoms. The molecule has 0 radical (unpaired) electrons. The van der Waals surface area contributed by atoms with E-state index >= 15 is 0 Å². The fourth-order valence-electron chi connectivity index (χ4n) is 3.19. The first-order valence-corrected chi connectivity index (χ1v) is 8.32. The molecule has 4 heteroatoms. The molecule has 2 aromatic rings. The average Bonchev–Trinajstić information content (AvgIpc) is 2.53. The van der Waals surface area contributed by atoms with E-state index in [9.17, 15) is 0 Å². The van der Waals surface area contributed by atoms with Crippen molar-refractivity contribution in [2.45, 2.75) is 27.7 Å². The third-order valence-electron chi connectivity index (χ3n) is 4.68. The zero-order chi connectivity index (χ0) is 16.6. The third kappa shape index (κ3) is 3.22. The average molecular weight is 310 g/mol. The maximum absolute atomic E-state index is 4.77. The molecule has 0 aliphatic carbocycles. The Kier molecular flexibility index (Phi) is 4.35. The highest BCUT2D eigenvalue weighted by Gasteiger charge is 2.20. The summed E-state index contributed by atoms with van der Waals surface area (Å²) in [6, 6.07) is 6.57. The summed E-state index contributed by atoms with van der Waals surface area (Å²) in [6.45, 7) is 12.7. The van der Waals surface area contributed by atoms with Crippen LogP contribution in [0.1, 0.15) is 22.5 Å². The zero-order valence-electron chi connectivity index (χ0n) is 14.8. The highest BCUT2D eigenvalue weighted by atomic mass is 15.3. The van der Waals surface area contributed by atoms with Crippen LogP contribution in [-0.2, 0) is 0 Å². The normalized spacial score (nSPS) is 16.0. The van der Waals surface area contributed by atoms with Crippen molar-refractivity contribution in [2.24, 2.45) is 0 Å². The highest BCUT2D eigenvalue weighted by molar-refractivity contribution is 5.72. The molecule has 2 heterocycles. The number of benzene rings is 1. The number of hydrogen-bond donors (Lipinski definition) is 0. The molecule has 0 atom stereocenters. The van der Waals surface area contributed by atoms with Gasteiger partial charge in [-0.3, -0.25) is 0 Å². The summed E-state index contributed by atoms with van der Waals surface area (Å²) in [6.07, 6.45) is 0. The molecule has 23 heavy (non-hydrogen) atoms. The number of anilines is 1. The predicted molar refractivity (Wildman–Crippen MR) is 96.1 cm³/mol. The minimum Gasteiger partial charge on any atom is -0.354 e. The molecule has 4 nitrogen and oxygen atoms in total. The molecule has 1 aliphatic heterocycles. The summed E-state index contributed by atoms with van der Waals surface area (Å²) in [7, 11) is 2.18. The number of aryl methyl sites for hydroxylation is 3. The number of likely N-dealkylation sites (N-methyl/N-ethyl adjacent to an activating group) is 1. The number of aromatic nitrogens is 2. The fourth-order valence-corrected chi connectivity index (χ4v) is 3.19. The lowest BCUT2D eigenvalue weighted by Gasteiger charge is -2.34. The Morgan fingerprint density at radius 2 is 1.61 bits per heavy atom. The van der Waals surface area contributed by atoms with Gasteiger partial charge in [0.1, 0.15) is 11.6 Å². The number of hydrogen-bond acceptors (Lipinski definition) is 4. The Labute approximate surface area is 139 Å². The van der Waals surface area contributed by atoms with E-state index in [1.165, 1.54) is 22.3 Å². The second kappa shape index (κ2) is 6.28.